The summed E-state index contributed by atoms with van der Waals surface area (Å²) < 4.78 is 4.98. The van der Waals surface area contributed by atoms with Gasteiger partial charge in [0.25, 0.3) is 0 Å². The fraction of sp³-hybridized carbons (Fsp3) is 0.500. The first kappa shape index (κ1) is 18.0. The maximum Gasteiger partial charge on any atom is 0.238 e. The Morgan fingerprint density at radius 1 is 1.32 bits per heavy atom. The van der Waals surface area contributed by atoms with Gasteiger partial charge in [-0.15, -0.1) is 11.8 Å². The summed E-state index contributed by atoms with van der Waals surface area (Å²) in [5.41, 5.74) is 11.5. The molecule has 108 valence electrons. The summed E-state index contributed by atoms with van der Waals surface area (Å²) in [4.78, 5) is 12.1. The Balaban J connectivity index is 0.00000154. The topological polar surface area (TPSA) is 78.3 Å². The van der Waals surface area contributed by atoms with Crippen molar-refractivity contribution in [3.05, 3.63) is 29.8 Å². The zero-order chi connectivity index (χ0) is 14.7. The lowest BCUT2D eigenvalue weighted by molar-refractivity contribution is -0.119. The standard InChI is InChI=1S/C12H18N2O2S.C2H6/c1-16-7-2-8-17-10-5-3-9(4-6-10)11(13)12(14)15;1-2/h3-6,11H,2,7-8,13H2,1H3,(H2,14,15);1-2H3. The molecule has 1 unspecified atom stereocenters. The number of ether oxygens (including phenoxy) is 1. The van der Waals surface area contributed by atoms with E-state index < -0.39 is 11.9 Å². The van der Waals surface area contributed by atoms with Gasteiger partial charge in [-0.05, 0) is 24.1 Å². The van der Waals surface area contributed by atoms with E-state index in [1.165, 1.54) is 0 Å². The van der Waals surface area contributed by atoms with E-state index in [0.29, 0.717) is 0 Å². The van der Waals surface area contributed by atoms with Crippen molar-refractivity contribution in [2.75, 3.05) is 19.5 Å². The van der Waals surface area contributed by atoms with Crippen LogP contribution in [-0.2, 0) is 9.53 Å². The highest BCUT2D eigenvalue weighted by Crippen LogP contribution is 2.21. The molecule has 1 atom stereocenters. The minimum Gasteiger partial charge on any atom is -0.385 e. The van der Waals surface area contributed by atoms with Crippen LogP contribution in [0.2, 0.25) is 0 Å². The number of thioether (sulfide) groups is 1. The third kappa shape index (κ3) is 7.20. The number of hydrogen-bond donors (Lipinski definition) is 2. The summed E-state index contributed by atoms with van der Waals surface area (Å²) in [5.74, 6) is 0.500. The second-order valence-corrected chi connectivity index (χ2v) is 4.81. The SMILES string of the molecule is CC.COCCCSc1ccc(C(N)C(N)=O)cc1. The summed E-state index contributed by atoms with van der Waals surface area (Å²) in [6, 6.07) is 6.87. The molecular weight excluding hydrogens is 260 g/mol. The van der Waals surface area contributed by atoms with E-state index in [1.54, 1.807) is 18.9 Å². The lowest BCUT2D eigenvalue weighted by Crippen LogP contribution is -2.28. The van der Waals surface area contributed by atoms with Crippen LogP contribution in [0.3, 0.4) is 0 Å². The van der Waals surface area contributed by atoms with Crippen LogP contribution in [0.25, 0.3) is 0 Å². The molecule has 0 aliphatic carbocycles. The predicted octanol–water partition coefficient (Wildman–Crippen LogP) is 2.33. The van der Waals surface area contributed by atoms with E-state index in [4.69, 9.17) is 16.2 Å². The molecule has 0 radical (unpaired) electrons. The fourth-order valence-corrected chi connectivity index (χ4v) is 2.16. The van der Waals surface area contributed by atoms with Crippen LogP contribution in [0, 0.1) is 0 Å². The number of primary amides is 1. The predicted molar refractivity (Wildman–Crippen MR) is 81.1 cm³/mol. The molecule has 0 heterocycles. The molecule has 0 saturated carbocycles. The highest BCUT2D eigenvalue weighted by molar-refractivity contribution is 7.99. The maximum absolute atomic E-state index is 10.9. The molecule has 0 bridgehead atoms. The van der Waals surface area contributed by atoms with Gasteiger partial charge in [0.05, 0.1) is 0 Å². The van der Waals surface area contributed by atoms with Gasteiger partial charge in [-0.25, -0.2) is 0 Å². The number of methoxy groups -OCH3 is 1. The fourth-order valence-electron chi connectivity index (χ4n) is 1.33. The van der Waals surface area contributed by atoms with E-state index in [0.717, 1.165) is 29.2 Å². The van der Waals surface area contributed by atoms with Crippen LogP contribution in [-0.4, -0.2) is 25.4 Å². The van der Waals surface area contributed by atoms with E-state index in [9.17, 15) is 4.79 Å². The zero-order valence-corrected chi connectivity index (χ0v) is 12.7. The van der Waals surface area contributed by atoms with Gasteiger partial charge in [0.2, 0.25) is 5.91 Å². The molecular formula is C14H24N2O2S. The van der Waals surface area contributed by atoms with E-state index >= 15 is 0 Å². The molecule has 0 fully saturated rings. The average molecular weight is 284 g/mol. The largest absolute Gasteiger partial charge is 0.385 e. The van der Waals surface area contributed by atoms with Crippen molar-refractivity contribution in [1.29, 1.82) is 0 Å². The van der Waals surface area contributed by atoms with E-state index in [-0.39, 0.29) is 0 Å². The smallest absolute Gasteiger partial charge is 0.238 e. The third-order valence-corrected chi connectivity index (χ3v) is 3.41. The molecule has 0 aliphatic heterocycles. The van der Waals surface area contributed by atoms with Crippen molar-refractivity contribution in [3.8, 4) is 0 Å². The minimum atomic E-state index is -0.720. The molecule has 1 aromatic rings. The second kappa shape index (κ2) is 10.8. The Bertz CT molecular complexity index is 355. The minimum absolute atomic E-state index is 0.509. The number of benzene rings is 1. The molecule has 19 heavy (non-hydrogen) atoms. The van der Waals surface area contributed by atoms with Crippen LogP contribution in [0.5, 0.6) is 0 Å². The molecule has 0 aromatic heterocycles. The molecule has 4 nitrogen and oxygen atoms in total. The Kier molecular flexibility index (Phi) is 10.2. The molecule has 0 aliphatic rings. The van der Waals surface area contributed by atoms with Crippen molar-refractivity contribution >= 4 is 17.7 Å². The first-order valence-corrected chi connectivity index (χ1v) is 7.40. The summed E-state index contributed by atoms with van der Waals surface area (Å²) in [6.45, 7) is 4.78. The zero-order valence-electron chi connectivity index (χ0n) is 11.9. The Labute approximate surface area is 119 Å². The van der Waals surface area contributed by atoms with Gasteiger partial charge < -0.3 is 16.2 Å². The monoisotopic (exact) mass is 284 g/mol. The number of carbonyl (C=O) groups is 1. The van der Waals surface area contributed by atoms with Crippen LogP contribution < -0.4 is 11.5 Å². The first-order chi connectivity index (χ1) is 9.15. The van der Waals surface area contributed by atoms with Gasteiger partial charge in [0.15, 0.2) is 0 Å². The first-order valence-electron chi connectivity index (χ1n) is 6.41. The number of nitrogens with two attached hydrogens (primary N) is 2. The van der Waals surface area contributed by atoms with Crippen LogP contribution in [0.15, 0.2) is 29.2 Å². The number of carbonyl (C=O) groups excluding carboxylic acids is 1. The maximum atomic E-state index is 10.9. The van der Waals surface area contributed by atoms with Gasteiger partial charge in [0, 0.05) is 24.4 Å². The van der Waals surface area contributed by atoms with Crippen LogP contribution >= 0.6 is 11.8 Å². The molecule has 4 N–H and O–H groups in total. The summed E-state index contributed by atoms with van der Waals surface area (Å²) in [6.07, 6.45) is 1.02. The number of hydrogen-bond acceptors (Lipinski definition) is 4. The van der Waals surface area contributed by atoms with Crippen molar-refractivity contribution in [2.24, 2.45) is 11.5 Å². The van der Waals surface area contributed by atoms with Gasteiger partial charge in [-0.1, -0.05) is 26.0 Å². The third-order valence-electron chi connectivity index (χ3n) is 2.31. The normalized spacial score (nSPS) is 11.4. The lowest BCUT2D eigenvalue weighted by Gasteiger charge is -2.08. The molecule has 0 saturated heterocycles. The number of amides is 1. The lowest BCUT2D eigenvalue weighted by atomic mass is 10.1. The van der Waals surface area contributed by atoms with Crippen molar-refractivity contribution in [3.63, 3.8) is 0 Å². The average Bonchev–Trinajstić information content (AvgIpc) is 2.45. The Morgan fingerprint density at radius 2 is 1.89 bits per heavy atom. The summed E-state index contributed by atoms with van der Waals surface area (Å²) >= 11 is 1.75. The quantitative estimate of drug-likeness (QED) is 0.595. The highest BCUT2D eigenvalue weighted by atomic mass is 32.2. The molecule has 5 heteroatoms. The summed E-state index contributed by atoms with van der Waals surface area (Å²) in [7, 11) is 1.70. The molecule has 1 rings (SSSR count). The van der Waals surface area contributed by atoms with Gasteiger partial charge in [-0.2, -0.15) is 0 Å². The second-order valence-electron chi connectivity index (χ2n) is 3.64. The summed E-state index contributed by atoms with van der Waals surface area (Å²) in [5, 5.41) is 0. The Morgan fingerprint density at radius 3 is 2.37 bits per heavy atom. The van der Waals surface area contributed by atoms with E-state index in [2.05, 4.69) is 0 Å². The van der Waals surface area contributed by atoms with Crippen molar-refractivity contribution < 1.29 is 9.53 Å². The van der Waals surface area contributed by atoms with Gasteiger partial charge in [-0.3, -0.25) is 4.79 Å². The van der Waals surface area contributed by atoms with E-state index in [1.807, 2.05) is 38.1 Å². The number of rotatable bonds is 7. The van der Waals surface area contributed by atoms with Crippen molar-refractivity contribution in [1.82, 2.24) is 0 Å². The van der Waals surface area contributed by atoms with Crippen LogP contribution in [0.4, 0.5) is 0 Å². The van der Waals surface area contributed by atoms with Gasteiger partial charge in [0.1, 0.15) is 6.04 Å². The molecule has 0 spiro atoms. The highest BCUT2D eigenvalue weighted by Gasteiger charge is 2.11. The molecule has 1 aromatic carbocycles. The Hall–Kier alpha value is -1.04. The van der Waals surface area contributed by atoms with Gasteiger partial charge >= 0.3 is 0 Å². The molecule has 1 amide bonds. The van der Waals surface area contributed by atoms with Crippen LogP contribution in [0.1, 0.15) is 31.9 Å². The van der Waals surface area contributed by atoms with Crippen molar-refractivity contribution in [2.45, 2.75) is 31.2 Å².